The topological polar surface area (TPSA) is 77.1 Å². The molecule has 2 atom stereocenters. The average molecular weight is 512 g/mol. The van der Waals surface area contributed by atoms with Gasteiger partial charge in [0.25, 0.3) is 0 Å². The number of methoxy groups -OCH3 is 1. The van der Waals surface area contributed by atoms with Crippen molar-refractivity contribution in [3.63, 3.8) is 0 Å². The summed E-state index contributed by atoms with van der Waals surface area (Å²) in [5.41, 5.74) is 0.679. The summed E-state index contributed by atoms with van der Waals surface area (Å²) < 4.78 is 54.9. The molecule has 3 aromatic rings. The summed E-state index contributed by atoms with van der Waals surface area (Å²) in [6, 6.07) is 15.8. The molecule has 0 saturated carbocycles. The fraction of sp³-hybridized carbons (Fsp3) is 0.259. The van der Waals surface area contributed by atoms with Gasteiger partial charge in [0.1, 0.15) is 5.75 Å². The van der Waals surface area contributed by atoms with Crippen LogP contribution < -0.4 is 24.4 Å². The second kappa shape index (κ2) is 9.68. The normalized spacial score (nSPS) is 19.0. The molecule has 0 radical (unpaired) electrons. The summed E-state index contributed by atoms with van der Waals surface area (Å²) in [7, 11) is 1.54. The number of carbonyl (C=O) groups is 2. The summed E-state index contributed by atoms with van der Waals surface area (Å²) in [6.45, 7) is 0.0762. The molecule has 1 fully saturated rings. The fourth-order valence-corrected chi connectivity index (χ4v) is 4.67. The molecule has 1 saturated heterocycles. The number of halogens is 3. The van der Waals surface area contributed by atoms with Crippen LogP contribution in [0.5, 0.6) is 17.2 Å². The zero-order chi connectivity index (χ0) is 26.2. The van der Waals surface area contributed by atoms with Gasteiger partial charge in [0.05, 0.1) is 24.6 Å². The molecule has 5 rings (SSSR count). The van der Waals surface area contributed by atoms with Crippen LogP contribution in [0.1, 0.15) is 30.0 Å². The first-order valence-electron chi connectivity index (χ1n) is 11.6. The predicted octanol–water partition coefficient (Wildman–Crippen LogP) is 5.57. The number of alkyl halides is 3. The van der Waals surface area contributed by atoms with Gasteiger partial charge < -0.3 is 24.4 Å². The number of piperidine rings is 1. The van der Waals surface area contributed by atoms with Crippen molar-refractivity contribution >= 4 is 23.2 Å². The van der Waals surface area contributed by atoms with Crippen LogP contribution in [-0.2, 0) is 15.8 Å². The average Bonchev–Trinajstić information content (AvgIpc) is 3.36. The number of hydrogen-bond acceptors (Lipinski definition) is 5. The lowest BCUT2D eigenvalue weighted by Crippen LogP contribution is -2.47. The third kappa shape index (κ3) is 4.91. The molecule has 0 unspecified atom stereocenters. The maximum atomic E-state index is 13.5. The number of nitrogens with zero attached hydrogens (tertiary/aromatic N) is 1. The van der Waals surface area contributed by atoms with Gasteiger partial charge in [-0.1, -0.05) is 12.1 Å². The molecule has 1 N–H and O–H groups in total. The van der Waals surface area contributed by atoms with Gasteiger partial charge in [-0.2, -0.15) is 13.2 Å². The molecule has 7 nitrogen and oxygen atoms in total. The standard InChI is InChI=1S/C27H23F3N2O5/c1-35-20-9-2-16(3-10-20)25-21(26(34)31-18-6-4-17(5-7-18)27(28,29)30)11-13-24(33)32(25)19-8-12-22-23(14-19)37-15-36-22/h2-10,12,14,21,25H,11,13,15H2,1H3,(H,31,34)/t21-,25+/m1/s1. The Morgan fingerprint density at radius 2 is 1.70 bits per heavy atom. The van der Waals surface area contributed by atoms with Gasteiger partial charge in [0, 0.05) is 23.9 Å². The molecule has 2 amide bonds. The molecule has 3 aromatic carbocycles. The summed E-state index contributed by atoms with van der Waals surface area (Å²) in [5.74, 6) is 0.420. The Kier molecular flexibility index (Phi) is 6.41. The Bertz CT molecular complexity index is 1310. The number of ether oxygens (including phenoxy) is 3. The van der Waals surface area contributed by atoms with Crippen molar-refractivity contribution in [2.45, 2.75) is 25.1 Å². The Balaban J connectivity index is 1.49. The van der Waals surface area contributed by atoms with E-state index in [0.717, 1.165) is 12.1 Å². The van der Waals surface area contributed by atoms with E-state index in [0.29, 0.717) is 28.5 Å². The van der Waals surface area contributed by atoms with Gasteiger partial charge in [-0.25, -0.2) is 0 Å². The molecule has 0 aromatic heterocycles. The van der Waals surface area contributed by atoms with Crippen molar-refractivity contribution < 1.29 is 37.0 Å². The van der Waals surface area contributed by atoms with Gasteiger partial charge >= 0.3 is 6.18 Å². The van der Waals surface area contributed by atoms with Crippen molar-refractivity contribution in [1.29, 1.82) is 0 Å². The Morgan fingerprint density at radius 1 is 1.00 bits per heavy atom. The SMILES string of the molecule is COc1ccc([C@H]2[C@H](C(=O)Nc3ccc(C(F)(F)F)cc3)CCC(=O)N2c2ccc3c(c2)OCO3)cc1. The highest BCUT2D eigenvalue weighted by Gasteiger charge is 2.42. The summed E-state index contributed by atoms with van der Waals surface area (Å²) in [5, 5.41) is 2.73. The number of carbonyl (C=O) groups excluding carboxylic acids is 2. The molecule has 10 heteroatoms. The van der Waals surface area contributed by atoms with E-state index >= 15 is 0 Å². The quantitative estimate of drug-likeness (QED) is 0.484. The van der Waals surface area contributed by atoms with E-state index in [1.165, 1.54) is 12.1 Å². The highest BCUT2D eigenvalue weighted by Crippen LogP contribution is 2.44. The molecule has 2 aliphatic rings. The zero-order valence-corrected chi connectivity index (χ0v) is 19.7. The van der Waals surface area contributed by atoms with Crippen molar-refractivity contribution in [2.24, 2.45) is 5.92 Å². The van der Waals surface area contributed by atoms with Crippen LogP contribution in [0.25, 0.3) is 0 Å². The summed E-state index contributed by atoms with van der Waals surface area (Å²) >= 11 is 0. The molecule has 0 spiro atoms. The second-order valence-electron chi connectivity index (χ2n) is 8.73. The van der Waals surface area contributed by atoms with Crippen LogP contribution in [0.3, 0.4) is 0 Å². The summed E-state index contributed by atoms with van der Waals surface area (Å²) in [4.78, 5) is 28.3. The first-order valence-corrected chi connectivity index (χ1v) is 11.6. The number of benzene rings is 3. The minimum atomic E-state index is -4.48. The van der Waals surface area contributed by atoms with E-state index in [1.54, 1.807) is 54.5 Å². The summed E-state index contributed by atoms with van der Waals surface area (Å²) in [6.07, 6.45) is -4.09. The number of amides is 2. The number of nitrogens with one attached hydrogen (secondary N) is 1. The van der Waals surface area contributed by atoms with E-state index in [4.69, 9.17) is 14.2 Å². The number of anilines is 2. The van der Waals surface area contributed by atoms with Gasteiger partial charge in [-0.15, -0.1) is 0 Å². The molecule has 0 aliphatic carbocycles. The van der Waals surface area contributed by atoms with Crippen molar-refractivity contribution in [3.8, 4) is 17.2 Å². The molecular weight excluding hydrogens is 489 g/mol. The third-order valence-corrected chi connectivity index (χ3v) is 6.51. The first-order chi connectivity index (χ1) is 17.7. The second-order valence-corrected chi connectivity index (χ2v) is 8.73. The fourth-order valence-electron chi connectivity index (χ4n) is 4.67. The van der Waals surface area contributed by atoms with E-state index in [-0.39, 0.29) is 31.2 Å². The zero-order valence-electron chi connectivity index (χ0n) is 19.7. The molecular formula is C27H23F3N2O5. The van der Waals surface area contributed by atoms with Crippen molar-refractivity contribution in [1.82, 2.24) is 0 Å². The van der Waals surface area contributed by atoms with Crippen LogP contribution in [-0.4, -0.2) is 25.7 Å². The maximum absolute atomic E-state index is 13.5. The lowest BCUT2D eigenvalue weighted by Gasteiger charge is -2.41. The van der Waals surface area contributed by atoms with Crippen molar-refractivity contribution in [2.75, 3.05) is 24.1 Å². The number of rotatable bonds is 5. The van der Waals surface area contributed by atoms with Gasteiger partial charge in [-0.05, 0) is 60.5 Å². The minimum absolute atomic E-state index is 0.0762. The van der Waals surface area contributed by atoms with Crippen LogP contribution in [0.15, 0.2) is 66.7 Å². The van der Waals surface area contributed by atoms with Gasteiger partial charge in [0.15, 0.2) is 11.5 Å². The Hall–Kier alpha value is -4.21. The Morgan fingerprint density at radius 3 is 2.38 bits per heavy atom. The molecule has 192 valence electrons. The Labute approximate surface area is 210 Å². The maximum Gasteiger partial charge on any atom is 0.416 e. The monoisotopic (exact) mass is 512 g/mol. The molecule has 2 aliphatic heterocycles. The van der Waals surface area contributed by atoms with E-state index in [9.17, 15) is 22.8 Å². The largest absolute Gasteiger partial charge is 0.497 e. The molecule has 37 heavy (non-hydrogen) atoms. The first kappa shape index (κ1) is 24.5. The highest BCUT2D eigenvalue weighted by molar-refractivity contribution is 6.00. The van der Waals surface area contributed by atoms with Crippen LogP contribution in [0.4, 0.5) is 24.5 Å². The highest BCUT2D eigenvalue weighted by atomic mass is 19.4. The smallest absolute Gasteiger partial charge is 0.416 e. The third-order valence-electron chi connectivity index (χ3n) is 6.51. The molecule has 2 heterocycles. The number of hydrogen-bond donors (Lipinski definition) is 1. The van der Waals surface area contributed by atoms with E-state index in [2.05, 4.69) is 5.32 Å². The molecule has 0 bridgehead atoms. The van der Waals surface area contributed by atoms with Crippen LogP contribution >= 0.6 is 0 Å². The lowest BCUT2D eigenvalue weighted by molar-refractivity contribution is -0.137. The minimum Gasteiger partial charge on any atom is -0.497 e. The number of fused-ring (bicyclic) bond motifs is 1. The van der Waals surface area contributed by atoms with Crippen molar-refractivity contribution in [3.05, 3.63) is 77.9 Å². The van der Waals surface area contributed by atoms with Gasteiger partial charge in [0.2, 0.25) is 18.6 Å². The van der Waals surface area contributed by atoms with E-state index in [1.807, 2.05) is 0 Å². The van der Waals surface area contributed by atoms with Crippen LogP contribution in [0, 0.1) is 5.92 Å². The van der Waals surface area contributed by atoms with Gasteiger partial charge in [-0.3, -0.25) is 9.59 Å². The predicted molar refractivity (Wildman–Crippen MR) is 129 cm³/mol. The van der Waals surface area contributed by atoms with Crippen LogP contribution in [0.2, 0.25) is 0 Å². The lowest BCUT2D eigenvalue weighted by atomic mass is 9.83. The van der Waals surface area contributed by atoms with E-state index < -0.39 is 29.6 Å².